The van der Waals surface area contributed by atoms with Crippen LogP contribution in [0.5, 0.6) is 0 Å². The molecule has 0 amide bonds. The Balaban J connectivity index is 2.97. The summed E-state index contributed by atoms with van der Waals surface area (Å²) in [4.78, 5) is 11.6. The van der Waals surface area contributed by atoms with Gasteiger partial charge in [-0.3, -0.25) is 0 Å². The monoisotopic (exact) mass is 275 g/mol. The van der Waals surface area contributed by atoms with Gasteiger partial charge in [0.2, 0.25) is 0 Å². The van der Waals surface area contributed by atoms with Gasteiger partial charge in [0.15, 0.2) is 0 Å². The van der Waals surface area contributed by atoms with E-state index in [-0.39, 0.29) is 6.61 Å². The fraction of sp³-hybridized carbons (Fsp3) is 0.438. The van der Waals surface area contributed by atoms with Gasteiger partial charge in [-0.05, 0) is 30.9 Å². The first-order chi connectivity index (χ1) is 9.40. The van der Waals surface area contributed by atoms with Gasteiger partial charge in [-0.15, -0.1) is 0 Å². The molecule has 0 aliphatic carbocycles. The van der Waals surface area contributed by atoms with Gasteiger partial charge < -0.3 is 14.8 Å². The number of hydrogen-bond acceptors (Lipinski definition) is 2. The maximum Gasteiger partial charge on any atom is 0.338 e. The third-order valence-electron chi connectivity index (χ3n) is 3.86. The molecule has 0 radical (unpaired) electrons. The van der Waals surface area contributed by atoms with Crippen molar-refractivity contribution in [2.24, 2.45) is 0 Å². The highest BCUT2D eigenvalue weighted by molar-refractivity contribution is 6.05. The number of aliphatic hydroxyl groups excluding tert-OH is 1. The van der Waals surface area contributed by atoms with E-state index in [4.69, 9.17) is 0 Å². The van der Waals surface area contributed by atoms with Crippen LogP contribution in [-0.4, -0.2) is 27.4 Å². The first kappa shape index (κ1) is 14.6. The van der Waals surface area contributed by atoms with Gasteiger partial charge in [0.25, 0.3) is 0 Å². The van der Waals surface area contributed by atoms with Crippen molar-refractivity contribution < 1.29 is 15.0 Å². The molecule has 0 saturated carbocycles. The molecular weight excluding hydrogens is 254 g/mol. The molecule has 0 fully saturated rings. The molecule has 2 N–H and O–H groups in total. The molecule has 1 aromatic heterocycles. The first-order valence-corrected chi connectivity index (χ1v) is 6.86. The fourth-order valence-electron chi connectivity index (χ4n) is 3.08. The summed E-state index contributed by atoms with van der Waals surface area (Å²) in [5, 5.41) is 19.8. The Morgan fingerprint density at radius 1 is 1.30 bits per heavy atom. The predicted molar refractivity (Wildman–Crippen MR) is 79.5 cm³/mol. The molecule has 2 rings (SSSR count). The number of aryl methyl sites for hydroxylation is 1. The van der Waals surface area contributed by atoms with E-state index in [2.05, 4.69) is 13.8 Å². The van der Waals surface area contributed by atoms with Crippen molar-refractivity contribution in [1.82, 2.24) is 4.57 Å². The van der Waals surface area contributed by atoms with Crippen molar-refractivity contribution in [3.8, 4) is 0 Å². The number of carboxylic acid groups (broad SMARTS) is 1. The summed E-state index contributed by atoms with van der Waals surface area (Å²) < 4.78 is 1.93. The highest BCUT2D eigenvalue weighted by Crippen LogP contribution is 2.34. The zero-order valence-corrected chi connectivity index (χ0v) is 12.4. The average Bonchev–Trinajstić information content (AvgIpc) is 2.62. The minimum Gasteiger partial charge on any atom is -0.478 e. The molecule has 1 aromatic carbocycles. The molecule has 20 heavy (non-hydrogen) atoms. The molecule has 0 saturated heterocycles. The third-order valence-corrected chi connectivity index (χ3v) is 3.86. The molecule has 0 unspecified atom stereocenters. The van der Waals surface area contributed by atoms with E-state index in [0.29, 0.717) is 18.0 Å². The van der Waals surface area contributed by atoms with Crippen LogP contribution in [0.1, 0.15) is 46.9 Å². The molecule has 0 bridgehead atoms. The van der Waals surface area contributed by atoms with E-state index in [0.717, 1.165) is 27.7 Å². The van der Waals surface area contributed by atoms with Gasteiger partial charge in [0, 0.05) is 17.6 Å². The Hall–Kier alpha value is -1.81. The Morgan fingerprint density at radius 3 is 2.45 bits per heavy atom. The van der Waals surface area contributed by atoms with Crippen LogP contribution >= 0.6 is 0 Å². The summed E-state index contributed by atoms with van der Waals surface area (Å²) in [5.41, 5.74) is 4.02. The summed E-state index contributed by atoms with van der Waals surface area (Å²) >= 11 is 0. The van der Waals surface area contributed by atoms with Crippen LogP contribution in [0.2, 0.25) is 0 Å². The summed E-state index contributed by atoms with van der Waals surface area (Å²) in [7, 11) is 0. The van der Waals surface area contributed by atoms with Gasteiger partial charge in [-0.1, -0.05) is 26.0 Å². The molecule has 2 aromatic rings. The lowest BCUT2D eigenvalue weighted by molar-refractivity contribution is 0.0697. The highest BCUT2D eigenvalue weighted by atomic mass is 16.4. The normalized spacial score (nSPS) is 11.5. The van der Waals surface area contributed by atoms with Gasteiger partial charge in [-0.2, -0.15) is 0 Å². The van der Waals surface area contributed by atoms with Crippen molar-refractivity contribution in [2.45, 2.75) is 40.2 Å². The number of hydrogen-bond donors (Lipinski definition) is 2. The zero-order valence-electron chi connectivity index (χ0n) is 12.4. The summed E-state index contributed by atoms with van der Waals surface area (Å²) in [6.45, 7) is 8.42. The van der Waals surface area contributed by atoms with Crippen molar-refractivity contribution in [1.29, 1.82) is 0 Å². The zero-order chi connectivity index (χ0) is 15.0. The number of nitrogens with zero attached hydrogens (tertiary/aromatic N) is 1. The summed E-state index contributed by atoms with van der Waals surface area (Å²) in [5.74, 6) is -0.609. The maximum absolute atomic E-state index is 11.6. The second kappa shape index (κ2) is 5.29. The van der Waals surface area contributed by atoms with Gasteiger partial charge in [-0.25, -0.2) is 4.79 Å². The molecular formula is C16H21NO3. The lowest BCUT2D eigenvalue weighted by Crippen LogP contribution is -2.09. The van der Waals surface area contributed by atoms with Crippen LogP contribution in [-0.2, 0) is 6.54 Å². The van der Waals surface area contributed by atoms with Crippen LogP contribution in [0.4, 0.5) is 0 Å². The van der Waals surface area contributed by atoms with Crippen molar-refractivity contribution in [2.75, 3.05) is 6.61 Å². The van der Waals surface area contributed by atoms with Crippen LogP contribution in [0, 0.1) is 13.8 Å². The Morgan fingerprint density at radius 2 is 1.95 bits per heavy atom. The predicted octanol–water partition coefficient (Wildman–Crippen LogP) is 3.07. The Kier molecular flexibility index (Phi) is 3.86. The smallest absolute Gasteiger partial charge is 0.338 e. The van der Waals surface area contributed by atoms with Gasteiger partial charge in [0.1, 0.15) is 0 Å². The van der Waals surface area contributed by atoms with E-state index in [1.54, 1.807) is 0 Å². The van der Waals surface area contributed by atoms with Crippen molar-refractivity contribution in [3.63, 3.8) is 0 Å². The molecule has 0 aliphatic heterocycles. The first-order valence-electron chi connectivity index (χ1n) is 6.86. The standard InChI is InChI=1S/C16H21NO3/c1-9(2)13-11(4)17(7-8-18)15-12(13)6-5-10(3)14(15)16(19)20/h5-6,9,18H,7-8H2,1-4H3,(H,19,20). The SMILES string of the molecule is Cc1ccc2c(C(C)C)c(C)n(CCO)c2c1C(=O)O. The quantitative estimate of drug-likeness (QED) is 0.901. The fourth-order valence-corrected chi connectivity index (χ4v) is 3.08. The maximum atomic E-state index is 11.6. The number of carbonyl (C=O) groups is 1. The number of aromatic nitrogens is 1. The van der Waals surface area contributed by atoms with Crippen molar-refractivity contribution in [3.05, 3.63) is 34.5 Å². The van der Waals surface area contributed by atoms with Gasteiger partial charge >= 0.3 is 5.97 Å². The number of fused-ring (bicyclic) bond motifs is 1. The van der Waals surface area contributed by atoms with Gasteiger partial charge in [0.05, 0.1) is 17.7 Å². The van der Waals surface area contributed by atoms with E-state index in [1.165, 1.54) is 0 Å². The minimum absolute atomic E-state index is 0.00481. The topological polar surface area (TPSA) is 62.5 Å². The minimum atomic E-state index is -0.917. The van der Waals surface area contributed by atoms with Crippen molar-refractivity contribution >= 4 is 16.9 Å². The van der Waals surface area contributed by atoms with E-state index in [1.807, 2.05) is 30.5 Å². The second-order valence-corrected chi connectivity index (χ2v) is 5.49. The average molecular weight is 275 g/mol. The molecule has 108 valence electrons. The Bertz CT molecular complexity index is 668. The van der Waals surface area contributed by atoms with E-state index in [9.17, 15) is 15.0 Å². The largest absolute Gasteiger partial charge is 0.478 e. The summed E-state index contributed by atoms with van der Waals surface area (Å²) in [6.07, 6.45) is 0. The third kappa shape index (κ3) is 2.10. The number of carboxylic acids is 1. The lowest BCUT2D eigenvalue weighted by Gasteiger charge is -2.10. The van der Waals surface area contributed by atoms with Crippen LogP contribution in [0.25, 0.3) is 10.9 Å². The second-order valence-electron chi connectivity index (χ2n) is 5.49. The van der Waals surface area contributed by atoms with Crippen LogP contribution in [0.15, 0.2) is 12.1 Å². The highest BCUT2D eigenvalue weighted by Gasteiger charge is 2.22. The molecule has 0 aliphatic rings. The van der Waals surface area contributed by atoms with E-state index >= 15 is 0 Å². The van der Waals surface area contributed by atoms with Crippen LogP contribution < -0.4 is 0 Å². The Labute approximate surface area is 118 Å². The summed E-state index contributed by atoms with van der Waals surface area (Å²) in [6, 6.07) is 3.85. The molecule has 1 heterocycles. The number of aromatic carboxylic acids is 1. The van der Waals surface area contributed by atoms with Crippen LogP contribution in [0.3, 0.4) is 0 Å². The number of rotatable bonds is 4. The lowest BCUT2D eigenvalue weighted by atomic mass is 9.97. The molecule has 0 atom stereocenters. The molecule has 4 heteroatoms. The molecule has 0 spiro atoms. The molecule has 4 nitrogen and oxygen atoms in total. The van der Waals surface area contributed by atoms with E-state index < -0.39 is 5.97 Å². The number of benzene rings is 1. The number of aliphatic hydroxyl groups is 1.